The monoisotopic (exact) mass is 506 g/mol. The molecule has 9 heteroatoms. The molecular weight excluding hydrogens is 490 g/mol. The summed E-state index contributed by atoms with van der Waals surface area (Å²) < 4.78 is 6.22. The Balaban J connectivity index is 2.22. The first-order valence-corrected chi connectivity index (χ1v) is 10.2. The second kappa shape index (κ2) is 10.3. The average molecular weight is 509 g/mol. The van der Waals surface area contributed by atoms with Gasteiger partial charge >= 0.3 is 0 Å². The zero-order valence-electron chi connectivity index (χ0n) is 15.1. The Morgan fingerprint density at radius 2 is 1.82 bits per heavy atom. The van der Waals surface area contributed by atoms with Crippen molar-refractivity contribution in [1.82, 2.24) is 10.2 Å². The zero-order valence-corrected chi connectivity index (χ0v) is 19.0. The molecule has 2 rings (SSSR count). The molecule has 0 aromatic heterocycles. The van der Waals surface area contributed by atoms with Crippen LogP contribution in [-0.4, -0.2) is 36.4 Å². The molecule has 0 saturated carbocycles. The Kier molecular flexibility index (Phi) is 8.43. The number of halogens is 4. The predicted octanol–water partition coefficient (Wildman–Crippen LogP) is 4.95. The molecular formula is C19H18BrCl3N2O3. The van der Waals surface area contributed by atoms with Crippen LogP contribution in [0.2, 0.25) is 15.1 Å². The van der Waals surface area contributed by atoms with Gasteiger partial charge in [-0.3, -0.25) is 9.59 Å². The summed E-state index contributed by atoms with van der Waals surface area (Å²) in [5, 5.41) is 3.90. The largest absolute Gasteiger partial charge is 0.483 e. The molecule has 0 unspecified atom stereocenters. The normalized spacial score (nSPS) is 11.6. The molecule has 28 heavy (non-hydrogen) atoms. The molecule has 0 aliphatic rings. The SMILES string of the molecule is CNC(=O)[C@@H](C)N(Cc1c(Cl)cccc1Cl)C(=O)COc1ccc(Cl)cc1Br. The first-order valence-electron chi connectivity index (χ1n) is 8.26. The molecule has 0 radical (unpaired) electrons. The predicted molar refractivity (Wildman–Crippen MR) is 115 cm³/mol. The standard InChI is InChI=1S/C19H18BrCl3N2O3/c1-11(19(27)24-2)25(9-13-15(22)4-3-5-16(13)23)18(26)10-28-17-7-6-12(21)8-14(17)20/h3-8,11H,9-10H2,1-2H3,(H,24,27)/t11-/m1/s1. The Labute approximate surface area is 187 Å². The van der Waals surface area contributed by atoms with Gasteiger partial charge in [-0.15, -0.1) is 0 Å². The van der Waals surface area contributed by atoms with E-state index in [-0.39, 0.29) is 19.1 Å². The van der Waals surface area contributed by atoms with Crippen molar-refractivity contribution >= 4 is 62.5 Å². The fraction of sp³-hybridized carbons (Fsp3) is 0.263. The van der Waals surface area contributed by atoms with Crippen molar-refractivity contribution in [3.05, 3.63) is 61.5 Å². The summed E-state index contributed by atoms with van der Waals surface area (Å²) in [6.45, 7) is 1.42. The highest BCUT2D eigenvalue weighted by molar-refractivity contribution is 9.10. The van der Waals surface area contributed by atoms with Crippen molar-refractivity contribution in [2.45, 2.75) is 19.5 Å². The number of likely N-dealkylation sites (N-methyl/N-ethyl adjacent to an activating group) is 1. The minimum atomic E-state index is -0.748. The Hall–Kier alpha value is -1.47. The van der Waals surface area contributed by atoms with Crippen molar-refractivity contribution in [2.75, 3.05) is 13.7 Å². The molecule has 2 aromatic carbocycles. The maximum absolute atomic E-state index is 12.9. The molecule has 0 saturated heterocycles. The summed E-state index contributed by atoms with van der Waals surface area (Å²) in [6, 6.07) is 9.29. The summed E-state index contributed by atoms with van der Waals surface area (Å²) in [4.78, 5) is 26.4. The van der Waals surface area contributed by atoms with Gasteiger partial charge in [0.05, 0.1) is 4.47 Å². The molecule has 0 fully saturated rings. The van der Waals surface area contributed by atoms with Crippen LogP contribution in [0, 0.1) is 0 Å². The highest BCUT2D eigenvalue weighted by Gasteiger charge is 2.27. The Morgan fingerprint density at radius 1 is 1.18 bits per heavy atom. The lowest BCUT2D eigenvalue weighted by Crippen LogP contribution is -2.48. The smallest absolute Gasteiger partial charge is 0.261 e. The van der Waals surface area contributed by atoms with E-state index < -0.39 is 11.9 Å². The van der Waals surface area contributed by atoms with Crippen LogP contribution in [0.4, 0.5) is 0 Å². The number of hydrogen-bond donors (Lipinski definition) is 1. The van der Waals surface area contributed by atoms with Gasteiger partial charge in [0.1, 0.15) is 11.8 Å². The molecule has 1 atom stereocenters. The van der Waals surface area contributed by atoms with Gasteiger partial charge in [-0.1, -0.05) is 40.9 Å². The zero-order chi connectivity index (χ0) is 20.8. The van der Waals surface area contributed by atoms with Crippen molar-refractivity contribution in [3.8, 4) is 5.75 Å². The first kappa shape index (κ1) is 22.8. The van der Waals surface area contributed by atoms with Crippen molar-refractivity contribution in [3.63, 3.8) is 0 Å². The van der Waals surface area contributed by atoms with Crippen LogP contribution in [0.25, 0.3) is 0 Å². The van der Waals surface area contributed by atoms with Gasteiger partial charge in [0.15, 0.2) is 6.61 Å². The van der Waals surface area contributed by atoms with E-state index in [1.165, 1.54) is 11.9 Å². The number of benzene rings is 2. The molecule has 0 spiro atoms. The van der Waals surface area contributed by atoms with Crippen LogP contribution in [0.1, 0.15) is 12.5 Å². The average Bonchev–Trinajstić information content (AvgIpc) is 2.65. The summed E-state index contributed by atoms with van der Waals surface area (Å²) in [5.41, 5.74) is 0.558. The number of amides is 2. The summed E-state index contributed by atoms with van der Waals surface area (Å²) in [7, 11) is 1.51. The highest BCUT2D eigenvalue weighted by Crippen LogP contribution is 2.29. The molecule has 0 bridgehead atoms. The number of hydrogen-bond acceptors (Lipinski definition) is 3. The van der Waals surface area contributed by atoms with E-state index in [1.807, 2.05) is 0 Å². The first-order chi connectivity index (χ1) is 13.2. The Morgan fingerprint density at radius 3 is 2.39 bits per heavy atom. The van der Waals surface area contributed by atoms with Gasteiger partial charge in [0.25, 0.3) is 5.91 Å². The summed E-state index contributed by atoms with van der Waals surface area (Å²) in [5.74, 6) is -0.251. The number of nitrogens with zero attached hydrogens (tertiary/aromatic N) is 1. The van der Waals surface area contributed by atoms with Gasteiger partial charge in [0.2, 0.25) is 5.91 Å². The molecule has 0 heterocycles. The van der Waals surface area contributed by atoms with Crippen LogP contribution in [0.15, 0.2) is 40.9 Å². The molecule has 0 aliphatic heterocycles. The summed E-state index contributed by atoms with van der Waals surface area (Å²) in [6.07, 6.45) is 0. The third-order valence-corrected chi connectivity index (χ3v) is 5.61. The minimum Gasteiger partial charge on any atom is -0.483 e. The maximum atomic E-state index is 12.9. The van der Waals surface area contributed by atoms with Gasteiger partial charge < -0.3 is 15.0 Å². The van der Waals surface area contributed by atoms with E-state index in [1.54, 1.807) is 43.3 Å². The minimum absolute atomic E-state index is 0.0665. The van der Waals surface area contributed by atoms with Crippen molar-refractivity contribution in [2.24, 2.45) is 0 Å². The van der Waals surface area contributed by atoms with E-state index in [2.05, 4.69) is 21.2 Å². The van der Waals surface area contributed by atoms with Gasteiger partial charge in [-0.25, -0.2) is 0 Å². The lowest BCUT2D eigenvalue weighted by molar-refractivity contribution is -0.142. The van der Waals surface area contributed by atoms with Crippen LogP contribution >= 0.6 is 50.7 Å². The van der Waals surface area contributed by atoms with E-state index in [0.29, 0.717) is 30.9 Å². The van der Waals surface area contributed by atoms with E-state index in [0.717, 1.165) is 0 Å². The van der Waals surface area contributed by atoms with Crippen LogP contribution in [0.3, 0.4) is 0 Å². The fourth-order valence-corrected chi connectivity index (χ4v) is 3.77. The number of carbonyl (C=O) groups is 2. The number of rotatable bonds is 7. The molecule has 0 aliphatic carbocycles. The van der Waals surface area contributed by atoms with Gasteiger partial charge in [-0.2, -0.15) is 0 Å². The van der Waals surface area contributed by atoms with Crippen molar-refractivity contribution in [1.29, 1.82) is 0 Å². The second-order valence-corrected chi connectivity index (χ2v) is 7.98. The molecule has 2 aromatic rings. The molecule has 5 nitrogen and oxygen atoms in total. The molecule has 150 valence electrons. The second-order valence-electron chi connectivity index (χ2n) is 5.88. The van der Waals surface area contributed by atoms with E-state index >= 15 is 0 Å². The van der Waals surface area contributed by atoms with E-state index in [9.17, 15) is 9.59 Å². The Bertz CT molecular complexity index is 859. The van der Waals surface area contributed by atoms with Crippen molar-refractivity contribution < 1.29 is 14.3 Å². The van der Waals surface area contributed by atoms with Gasteiger partial charge in [0, 0.05) is 34.2 Å². The topological polar surface area (TPSA) is 58.6 Å². The number of carbonyl (C=O) groups excluding carboxylic acids is 2. The quantitative estimate of drug-likeness (QED) is 0.576. The lowest BCUT2D eigenvalue weighted by atomic mass is 10.1. The van der Waals surface area contributed by atoms with Crippen LogP contribution in [-0.2, 0) is 16.1 Å². The highest BCUT2D eigenvalue weighted by atomic mass is 79.9. The van der Waals surface area contributed by atoms with Crippen LogP contribution < -0.4 is 10.1 Å². The number of nitrogens with one attached hydrogen (secondary N) is 1. The maximum Gasteiger partial charge on any atom is 0.261 e. The third kappa shape index (κ3) is 5.77. The van der Waals surface area contributed by atoms with E-state index in [4.69, 9.17) is 39.5 Å². The third-order valence-electron chi connectivity index (χ3n) is 4.05. The molecule has 2 amide bonds. The number of ether oxygens (including phenoxy) is 1. The van der Waals surface area contributed by atoms with Crippen LogP contribution in [0.5, 0.6) is 5.75 Å². The fourth-order valence-electron chi connectivity index (χ4n) is 2.46. The molecule has 1 N–H and O–H groups in total. The summed E-state index contributed by atoms with van der Waals surface area (Å²) >= 11 is 21.7. The van der Waals surface area contributed by atoms with Gasteiger partial charge in [-0.05, 0) is 53.2 Å². The lowest BCUT2D eigenvalue weighted by Gasteiger charge is -2.29.